The van der Waals surface area contributed by atoms with Gasteiger partial charge in [0.15, 0.2) is 0 Å². The first-order valence-corrected chi connectivity index (χ1v) is 5.44. The number of nitrogens with zero attached hydrogens (tertiary/aromatic N) is 1. The van der Waals surface area contributed by atoms with Crippen LogP contribution in [-0.4, -0.2) is 4.98 Å². The number of benzene rings is 1. The number of para-hydroxylation sites is 1. The highest BCUT2D eigenvalue weighted by atomic mass is 33.1. The van der Waals surface area contributed by atoms with Gasteiger partial charge in [0.1, 0.15) is 0 Å². The van der Waals surface area contributed by atoms with E-state index in [2.05, 4.69) is 22.7 Å². The second-order valence-electron chi connectivity index (χ2n) is 2.42. The molecule has 0 bridgehead atoms. The molecule has 1 nitrogen and oxygen atoms in total. The van der Waals surface area contributed by atoms with Gasteiger partial charge in [0.05, 0.1) is 5.52 Å². The normalized spacial score (nSPS) is 10.4. The molecule has 0 amide bonds. The second-order valence-corrected chi connectivity index (χ2v) is 3.59. The molecule has 0 radical (unpaired) electrons. The number of pyridine rings is 1. The van der Waals surface area contributed by atoms with Gasteiger partial charge in [0.2, 0.25) is 0 Å². The molecule has 1 aromatic heterocycles. The van der Waals surface area contributed by atoms with Crippen molar-refractivity contribution in [1.82, 2.24) is 4.98 Å². The van der Waals surface area contributed by atoms with E-state index < -0.39 is 0 Å². The maximum atomic E-state index is 4.24. The Morgan fingerprint density at radius 3 is 2.83 bits per heavy atom. The van der Waals surface area contributed by atoms with Crippen molar-refractivity contribution in [3.8, 4) is 0 Å². The molecule has 0 aliphatic carbocycles. The number of aromatic nitrogens is 1. The molecule has 1 heterocycles. The Hall–Kier alpha value is -0.670. The van der Waals surface area contributed by atoms with Crippen LogP contribution in [-0.2, 0) is 0 Å². The van der Waals surface area contributed by atoms with Crippen molar-refractivity contribution in [1.29, 1.82) is 0 Å². The fraction of sp³-hybridized carbons (Fsp3) is 0. The van der Waals surface area contributed by atoms with E-state index in [1.807, 2.05) is 24.3 Å². The summed E-state index contributed by atoms with van der Waals surface area (Å²) in [6, 6.07) is 10.0. The molecule has 0 saturated heterocycles. The molecule has 0 saturated carbocycles. The van der Waals surface area contributed by atoms with Gasteiger partial charge in [-0.1, -0.05) is 29.0 Å². The van der Waals surface area contributed by atoms with E-state index in [-0.39, 0.29) is 0 Å². The number of hydrogen-bond donors (Lipinski definition) is 1. The summed E-state index contributed by atoms with van der Waals surface area (Å²) in [4.78, 5) is 5.40. The minimum Gasteiger partial charge on any atom is -0.256 e. The minimum atomic E-state index is 1.02. The zero-order chi connectivity index (χ0) is 8.39. The van der Waals surface area contributed by atoms with E-state index >= 15 is 0 Å². The number of fused-ring (bicyclic) bond motifs is 1. The molecule has 2 aromatic rings. The molecular weight excluding hydrogens is 186 g/mol. The van der Waals surface area contributed by atoms with Crippen molar-refractivity contribution in [2.45, 2.75) is 4.90 Å². The molecule has 0 aliphatic heterocycles. The summed E-state index contributed by atoms with van der Waals surface area (Å²) in [5, 5.41) is 1.17. The number of hydrogen-bond acceptors (Lipinski definition) is 3. The minimum absolute atomic E-state index is 1.02. The molecule has 0 unspecified atom stereocenters. The molecule has 1 aromatic carbocycles. The standard InChI is InChI=1S/C9H7NS2/c11-12-9-5-6-10-8-4-2-1-3-7(8)9/h1-6,11H. The van der Waals surface area contributed by atoms with Crippen LogP contribution in [0.2, 0.25) is 0 Å². The van der Waals surface area contributed by atoms with Crippen LogP contribution < -0.4 is 0 Å². The van der Waals surface area contributed by atoms with Crippen molar-refractivity contribution >= 4 is 33.4 Å². The van der Waals surface area contributed by atoms with Gasteiger partial charge in [0.25, 0.3) is 0 Å². The molecule has 0 N–H and O–H groups in total. The van der Waals surface area contributed by atoms with Crippen molar-refractivity contribution < 1.29 is 0 Å². The monoisotopic (exact) mass is 193 g/mol. The molecule has 12 heavy (non-hydrogen) atoms. The predicted octanol–water partition coefficient (Wildman–Crippen LogP) is 3.17. The van der Waals surface area contributed by atoms with Crippen molar-refractivity contribution in [3.05, 3.63) is 36.5 Å². The first-order valence-electron chi connectivity index (χ1n) is 3.57. The lowest BCUT2D eigenvalue weighted by Crippen LogP contribution is -1.78. The van der Waals surface area contributed by atoms with Crippen molar-refractivity contribution in [2.24, 2.45) is 0 Å². The summed E-state index contributed by atoms with van der Waals surface area (Å²) in [5.41, 5.74) is 1.02. The Labute approximate surface area is 80.0 Å². The molecule has 2 rings (SSSR count). The second kappa shape index (κ2) is 3.37. The van der Waals surface area contributed by atoms with E-state index in [4.69, 9.17) is 0 Å². The van der Waals surface area contributed by atoms with Crippen molar-refractivity contribution in [2.75, 3.05) is 0 Å². The van der Waals surface area contributed by atoms with Crippen LogP contribution in [0.1, 0.15) is 0 Å². The first-order chi connectivity index (χ1) is 5.92. The fourth-order valence-electron chi connectivity index (χ4n) is 1.15. The highest BCUT2D eigenvalue weighted by Crippen LogP contribution is 2.28. The van der Waals surface area contributed by atoms with Crippen LogP contribution in [0.5, 0.6) is 0 Å². The molecule has 0 spiro atoms. The van der Waals surface area contributed by atoms with E-state index in [1.165, 1.54) is 16.2 Å². The van der Waals surface area contributed by atoms with E-state index in [0.717, 1.165) is 10.4 Å². The molecule has 0 atom stereocenters. The van der Waals surface area contributed by atoms with Gasteiger partial charge in [-0.15, -0.1) is 11.7 Å². The zero-order valence-electron chi connectivity index (χ0n) is 6.27. The molecule has 0 fully saturated rings. The van der Waals surface area contributed by atoms with E-state index in [0.29, 0.717) is 0 Å². The summed E-state index contributed by atoms with van der Waals surface area (Å²) in [5.74, 6) is 0. The summed E-state index contributed by atoms with van der Waals surface area (Å²) in [6.45, 7) is 0. The lowest BCUT2D eigenvalue weighted by molar-refractivity contribution is 1.36. The lowest BCUT2D eigenvalue weighted by Gasteiger charge is -2.00. The molecule has 60 valence electrons. The highest BCUT2D eigenvalue weighted by Gasteiger charge is 1.98. The Kier molecular flexibility index (Phi) is 2.23. The quantitative estimate of drug-likeness (QED) is 0.552. The van der Waals surface area contributed by atoms with Crippen LogP contribution in [0.25, 0.3) is 10.9 Å². The Morgan fingerprint density at radius 2 is 2.00 bits per heavy atom. The average Bonchev–Trinajstić information content (AvgIpc) is 2.17. The number of thiol groups is 1. The third-order valence-corrected chi connectivity index (χ3v) is 2.85. The van der Waals surface area contributed by atoms with Crippen LogP contribution in [0, 0.1) is 0 Å². The van der Waals surface area contributed by atoms with Crippen LogP contribution in [0.15, 0.2) is 41.4 Å². The average molecular weight is 193 g/mol. The topological polar surface area (TPSA) is 12.9 Å². The van der Waals surface area contributed by atoms with Gasteiger partial charge in [-0.25, -0.2) is 0 Å². The molecule has 0 aliphatic rings. The van der Waals surface area contributed by atoms with Crippen LogP contribution in [0.3, 0.4) is 0 Å². The van der Waals surface area contributed by atoms with E-state index in [9.17, 15) is 0 Å². The molecule has 3 heteroatoms. The number of rotatable bonds is 1. The third kappa shape index (κ3) is 1.30. The summed E-state index contributed by atoms with van der Waals surface area (Å²) >= 11 is 4.17. The fourth-order valence-corrected chi connectivity index (χ4v) is 2.02. The largest absolute Gasteiger partial charge is 0.256 e. The van der Waals surface area contributed by atoms with Gasteiger partial charge in [0, 0.05) is 16.5 Å². The maximum Gasteiger partial charge on any atom is 0.0713 e. The van der Waals surface area contributed by atoms with Crippen LogP contribution in [0.4, 0.5) is 0 Å². The first kappa shape index (κ1) is 7.95. The van der Waals surface area contributed by atoms with Crippen LogP contribution >= 0.6 is 22.5 Å². The summed E-state index contributed by atoms with van der Waals surface area (Å²) in [7, 11) is 1.45. The highest BCUT2D eigenvalue weighted by molar-refractivity contribution is 8.68. The van der Waals surface area contributed by atoms with Gasteiger partial charge >= 0.3 is 0 Å². The molecular formula is C9H7NS2. The smallest absolute Gasteiger partial charge is 0.0713 e. The Balaban J connectivity index is 2.79. The lowest BCUT2D eigenvalue weighted by atomic mass is 10.2. The Morgan fingerprint density at radius 1 is 1.17 bits per heavy atom. The zero-order valence-corrected chi connectivity index (χ0v) is 7.98. The van der Waals surface area contributed by atoms with Gasteiger partial charge in [-0.2, -0.15) is 0 Å². The predicted molar refractivity (Wildman–Crippen MR) is 56.6 cm³/mol. The van der Waals surface area contributed by atoms with Gasteiger partial charge < -0.3 is 0 Å². The SMILES string of the molecule is SSc1ccnc2ccccc12. The Bertz CT molecular complexity index is 395. The summed E-state index contributed by atoms with van der Waals surface area (Å²) < 4.78 is 0. The maximum absolute atomic E-state index is 4.24. The van der Waals surface area contributed by atoms with Gasteiger partial charge in [-0.05, 0) is 12.1 Å². The van der Waals surface area contributed by atoms with Gasteiger partial charge in [-0.3, -0.25) is 4.98 Å². The summed E-state index contributed by atoms with van der Waals surface area (Å²) in [6.07, 6.45) is 1.81. The van der Waals surface area contributed by atoms with Crippen molar-refractivity contribution in [3.63, 3.8) is 0 Å². The van der Waals surface area contributed by atoms with E-state index in [1.54, 1.807) is 6.20 Å². The third-order valence-electron chi connectivity index (χ3n) is 1.71.